The second-order valence-corrected chi connectivity index (χ2v) is 3.05. The Kier molecular flexibility index (Phi) is 2.07. The summed E-state index contributed by atoms with van der Waals surface area (Å²) < 4.78 is 2.00. The third kappa shape index (κ3) is 1.52. The summed E-state index contributed by atoms with van der Waals surface area (Å²) >= 11 is 0. The number of nitrogens with one attached hydrogen (secondary N) is 1. The number of hydrogen-bond donors (Lipinski definition) is 2. The molecule has 0 spiro atoms. The van der Waals surface area contributed by atoms with Crippen LogP contribution in [0.3, 0.4) is 0 Å². The standard InChI is InChI=1S/C11H11N3/c12-11(13)9-3-5-10(6-4-9)14-7-1-2-8-14/h1-8H,(H3,12,13). The highest BCUT2D eigenvalue weighted by atomic mass is 14.9. The van der Waals surface area contributed by atoms with Crippen LogP contribution in [0.15, 0.2) is 48.8 Å². The van der Waals surface area contributed by atoms with E-state index in [2.05, 4.69) is 0 Å². The van der Waals surface area contributed by atoms with Gasteiger partial charge < -0.3 is 10.3 Å². The van der Waals surface area contributed by atoms with Crippen molar-refractivity contribution in [2.45, 2.75) is 0 Å². The minimum Gasteiger partial charge on any atom is -0.384 e. The van der Waals surface area contributed by atoms with Crippen molar-refractivity contribution in [2.75, 3.05) is 0 Å². The summed E-state index contributed by atoms with van der Waals surface area (Å²) in [4.78, 5) is 0. The molecule has 0 saturated heterocycles. The molecule has 2 rings (SSSR count). The Balaban J connectivity index is 2.36. The Bertz CT molecular complexity index is 426. The van der Waals surface area contributed by atoms with Crippen LogP contribution in [-0.2, 0) is 0 Å². The topological polar surface area (TPSA) is 54.8 Å². The van der Waals surface area contributed by atoms with E-state index >= 15 is 0 Å². The lowest BCUT2D eigenvalue weighted by Crippen LogP contribution is -2.10. The lowest BCUT2D eigenvalue weighted by molar-refractivity contribution is 1.08. The molecule has 0 unspecified atom stereocenters. The number of hydrogen-bond acceptors (Lipinski definition) is 1. The van der Waals surface area contributed by atoms with Gasteiger partial charge in [0.05, 0.1) is 0 Å². The van der Waals surface area contributed by atoms with Gasteiger partial charge in [0.1, 0.15) is 5.84 Å². The van der Waals surface area contributed by atoms with E-state index in [1.54, 1.807) is 0 Å². The van der Waals surface area contributed by atoms with Crippen molar-refractivity contribution in [3.63, 3.8) is 0 Å². The molecule has 70 valence electrons. The third-order valence-electron chi connectivity index (χ3n) is 2.08. The Morgan fingerprint density at radius 1 is 1.07 bits per heavy atom. The van der Waals surface area contributed by atoms with Gasteiger partial charge in [-0.1, -0.05) is 0 Å². The van der Waals surface area contributed by atoms with Crippen molar-refractivity contribution in [2.24, 2.45) is 5.73 Å². The van der Waals surface area contributed by atoms with Crippen LogP contribution >= 0.6 is 0 Å². The minimum absolute atomic E-state index is 0.101. The molecule has 3 heteroatoms. The van der Waals surface area contributed by atoms with E-state index in [1.807, 2.05) is 53.4 Å². The number of nitrogens with zero attached hydrogens (tertiary/aromatic N) is 1. The Labute approximate surface area is 82.3 Å². The van der Waals surface area contributed by atoms with E-state index < -0.39 is 0 Å². The number of amidine groups is 1. The highest BCUT2D eigenvalue weighted by molar-refractivity contribution is 5.95. The number of nitrogens with two attached hydrogens (primary N) is 1. The molecule has 1 aromatic carbocycles. The van der Waals surface area contributed by atoms with Gasteiger partial charge in [-0.15, -0.1) is 0 Å². The molecular formula is C11H11N3. The summed E-state index contributed by atoms with van der Waals surface area (Å²) in [5.74, 6) is 0.101. The van der Waals surface area contributed by atoms with E-state index in [-0.39, 0.29) is 5.84 Å². The van der Waals surface area contributed by atoms with Crippen LogP contribution < -0.4 is 5.73 Å². The van der Waals surface area contributed by atoms with Crippen molar-refractivity contribution in [1.82, 2.24) is 4.57 Å². The third-order valence-corrected chi connectivity index (χ3v) is 2.08. The molecule has 0 bridgehead atoms. The SMILES string of the molecule is N=C(N)c1ccc(-n2cccc2)cc1. The monoisotopic (exact) mass is 185 g/mol. The highest BCUT2D eigenvalue weighted by Gasteiger charge is 1.97. The molecule has 0 aliphatic heterocycles. The Morgan fingerprint density at radius 3 is 2.14 bits per heavy atom. The van der Waals surface area contributed by atoms with Crippen molar-refractivity contribution < 1.29 is 0 Å². The quantitative estimate of drug-likeness (QED) is 0.543. The van der Waals surface area contributed by atoms with Crippen LogP contribution in [-0.4, -0.2) is 10.4 Å². The van der Waals surface area contributed by atoms with Crippen LogP contribution in [0.2, 0.25) is 0 Å². The van der Waals surface area contributed by atoms with Gasteiger partial charge in [0, 0.05) is 23.6 Å². The van der Waals surface area contributed by atoms with E-state index in [0.29, 0.717) is 0 Å². The van der Waals surface area contributed by atoms with Crippen molar-refractivity contribution in [1.29, 1.82) is 5.41 Å². The average Bonchev–Trinajstić information content (AvgIpc) is 2.71. The summed E-state index contributed by atoms with van der Waals surface area (Å²) in [5, 5.41) is 7.25. The van der Waals surface area contributed by atoms with Gasteiger partial charge in [-0.3, -0.25) is 5.41 Å². The summed E-state index contributed by atoms with van der Waals surface area (Å²) in [6.07, 6.45) is 3.95. The first-order chi connectivity index (χ1) is 6.77. The number of benzene rings is 1. The van der Waals surface area contributed by atoms with Gasteiger partial charge in [0.25, 0.3) is 0 Å². The molecule has 0 aliphatic carbocycles. The molecule has 0 fully saturated rings. The maximum absolute atomic E-state index is 7.25. The van der Waals surface area contributed by atoms with Crippen molar-refractivity contribution >= 4 is 5.84 Å². The van der Waals surface area contributed by atoms with E-state index in [4.69, 9.17) is 11.1 Å². The fourth-order valence-electron chi connectivity index (χ4n) is 1.32. The van der Waals surface area contributed by atoms with Crippen LogP contribution in [0.4, 0.5) is 0 Å². The summed E-state index contributed by atoms with van der Waals surface area (Å²) in [5.41, 5.74) is 7.18. The normalized spacial score (nSPS) is 10.0. The summed E-state index contributed by atoms with van der Waals surface area (Å²) in [7, 11) is 0. The summed E-state index contributed by atoms with van der Waals surface area (Å²) in [6.45, 7) is 0. The second kappa shape index (κ2) is 3.38. The molecule has 0 aliphatic rings. The molecule has 0 amide bonds. The second-order valence-electron chi connectivity index (χ2n) is 3.05. The van der Waals surface area contributed by atoms with Gasteiger partial charge in [0.15, 0.2) is 0 Å². The van der Waals surface area contributed by atoms with Gasteiger partial charge in [-0.2, -0.15) is 0 Å². The largest absolute Gasteiger partial charge is 0.384 e. The van der Waals surface area contributed by atoms with Crippen LogP contribution in [0, 0.1) is 5.41 Å². The van der Waals surface area contributed by atoms with E-state index in [0.717, 1.165) is 11.3 Å². The molecule has 3 nitrogen and oxygen atoms in total. The van der Waals surface area contributed by atoms with E-state index in [1.165, 1.54) is 0 Å². The molecule has 1 heterocycles. The number of rotatable bonds is 2. The lowest BCUT2D eigenvalue weighted by atomic mass is 10.2. The van der Waals surface area contributed by atoms with Crippen molar-refractivity contribution in [3.8, 4) is 5.69 Å². The predicted molar refractivity (Wildman–Crippen MR) is 56.8 cm³/mol. The van der Waals surface area contributed by atoms with Gasteiger partial charge >= 0.3 is 0 Å². The first-order valence-electron chi connectivity index (χ1n) is 4.35. The first kappa shape index (κ1) is 8.56. The van der Waals surface area contributed by atoms with Crippen LogP contribution in [0.25, 0.3) is 5.69 Å². The Morgan fingerprint density at radius 2 is 1.64 bits per heavy atom. The highest BCUT2D eigenvalue weighted by Crippen LogP contribution is 2.09. The maximum atomic E-state index is 7.25. The average molecular weight is 185 g/mol. The maximum Gasteiger partial charge on any atom is 0.122 e. The molecule has 2 aromatic rings. The van der Waals surface area contributed by atoms with Crippen molar-refractivity contribution in [3.05, 3.63) is 54.4 Å². The summed E-state index contributed by atoms with van der Waals surface area (Å²) in [6, 6.07) is 11.5. The van der Waals surface area contributed by atoms with Crippen LogP contribution in [0.1, 0.15) is 5.56 Å². The zero-order chi connectivity index (χ0) is 9.97. The fourth-order valence-corrected chi connectivity index (χ4v) is 1.32. The molecule has 3 N–H and O–H groups in total. The molecule has 0 radical (unpaired) electrons. The molecule has 14 heavy (non-hydrogen) atoms. The zero-order valence-electron chi connectivity index (χ0n) is 7.64. The van der Waals surface area contributed by atoms with Crippen LogP contribution in [0.5, 0.6) is 0 Å². The number of aromatic nitrogens is 1. The Hall–Kier alpha value is -2.03. The fraction of sp³-hybridized carbons (Fsp3) is 0. The number of nitrogen functional groups attached to an aromatic ring is 1. The van der Waals surface area contributed by atoms with Gasteiger partial charge in [0.2, 0.25) is 0 Å². The first-order valence-corrected chi connectivity index (χ1v) is 4.35. The smallest absolute Gasteiger partial charge is 0.122 e. The molecule has 0 atom stereocenters. The zero-order valence-corrected chi connectivity index (χ0v) is 7.64. The molecule has 1 aromatic heterocycles. The van der Waals surface area contributed by atoms with E-state index in [9.17, 15) is 0 Å². The predicted octanol–water partition coefficient (Wildman–Crippen LogP) is 1.76. The van der Waals surface area contributed by atoms with Gasteiger partial charge in [-0.05, 0) is 36.4 Å². The molecular weight excluding hydrogens is 174 g/mol. The van der Waals surface area contributed by atoms with Gasteiger partial charge in [-0.25, -0.2) is 0 Å². The molecule has 0 saturated carbocycles. The lowest BCUT2D eigenvalue weighted by Gasteiger charge is -2.03. The minimum atomic E-state index is 0.101.